The molecule has 188 valence electrons. The van der Waals surface area contributed by atoms with Gasteiger partial charge in [0.2, 0.25) is 0 Å². The van der Waals surface area contributed by atoms with Crippen LogP contribution in [0.1, 0.15) is 18.4 Å². The zero-order valence-electron chi connectivity index (χ0n) is 20.6. The summed E-state index contributed by atoms with van der Waals surface area (Å²) in [5.41, 5.74) is 1.30. The van der Waals surface area contributed by atoms with E-state index < -0.39 is 0 Å². The van der Waals surface area contributed by atoms with E-state index in [0.29, 0.717) is 12.4 Å². The van der Waals surface area contributed by atoms with E-state index in [0.717, 1.165) is 82.3 Å². The fourth-order valence-electron chi connectivity index (χ4n) is 5.34. The molecule has 2 aliphatic heterocycles. The smallest absolute Gasteiger partial charge is 0.254 e. The summed E-state index contributed by atoms with van der Waals surface area (Å²) in [7, 11) is 0. The number of nitrogens with zero attached hydrogens (tertiary/aromatic N) is 6. The van der Waals surface area contributed by atoms with Crippen LogP contribution in [-0.4, -0.2) is 83.1 Å². The third-order valence-electron chi connectivity index (χ3n) is 7.26. The van der Waals surface area contributed by atoms with Crippen molar-refractivity contribution in [1.29, 1.82) is 0 Å². The lowest BCUT2D eigenvalue weighted by atomic mass is 10.0. The summed E-state index contributed by atoms with van der Waals surface area (Å²) in [5, 5.41) is 10.4. The van der Waals surface area contributed by atoms with Gasteiger partial charge in [-0.25, -0.2) is 4.98 Å². The standard InChI is InChI=1S/C27H33N7O2/c1-2-6-24-23(5-1)21(18-28-11-13-32-14-16-35-17-15-32)7-8-25(24)36-19-22-4-3-12-33(22)26-9-10-29-27-30-20-31-34(26)27/h1-2,5-10,20,22,28H,3-4,11-19H2/t22-/m1/s1. The van der Waals surface area contributed by atoms with E-state index in [1.165, 1.54) is 10.9 Å². The largest absolute Gasteiger partial charge is 0.491 e. The maximum absolute atomic E-state index is 6.47. The van der Waals surface area contributed by atoms with Gasteiger partial charge in [0, 0.05) is 50.9 Å². The van der Waals surface area contributed by atoms with Gasteiger partial charge in [0.25, 0.3) is 5.78 Å². The molecule has 2 aromatic heterocycles. The Hall–Kier alpha value is -3.27. The first kappa shape index (κ1) is 23.1. The summed E-state index contributed by atoms with van der Waals surface area (Å²) in [6, 6.07) is 15.2. The van der Waals surface area contributed by atoms with Gasteiger partial charge >= 0.3 is 0 Å². The van der Waals surface area contributed by atoms with Crippen LogP contribution in [0.15, 0.2) is 55.0 Å². The predicted octanol–water partition coefficient (Wildman–Crippen LogP) is 2.75. The van der Waals surface area contributed by atoms with Crippen LogP contribution >= 0.6 is 0 Å². The van der Waals surface area contributed by atoms with E-state index in [4.69, 9.17) is 9.47 Å². The Labute approximate surface area is 211 Å². The summed E-state index contributed by atoms with van der Waals surface area (Å²) >= 11 is 0. The number of morpholine rings is 1. The average molecular weight is 488 g/mol. The second-order valence-electron chi connectivity index (χ2n) is 9.47. The highest BCUT2D eigenvalue weighted by atomic mass is 16.5. The molecule has 6 rings (SSSR count). The van der Waals surface area contributed by atoms with E-state index in [2.05, 4.69) is 66.6 Å². The van der Waals surface area contributed by atoms with Gasteiger partial charge in [0.1, 0.15) is 24.5 Å². The normalized spacial score (nSPS) is 18.9. The SMILES string of the molecule is c1ccc2c(OC[C@H]3CCCN3c3ccnc4ncnn34)ccc(CNCCN3CCOCC3)c2c1. The van der Waals surface area contributed by atoms with Gasteiger partial charge in [0.05, 0.1) is 19.3 Å². The number of hydrogen-bond acceptors (Lipinski definition) is 8. The fraction of sp³-hybridized carbons (Fsp3) is 0.444. The molecule has 0 amide bonds. The van der Waals surface area contributed by atoms with Crippen LogP contribution in [0.25, 0.3) is 16.6 Å². The third kappa shape index (κ3) is 4.86. The minimum Gasteiger partial charge on any atom is -0.491 e. The number of aromatic nitrogens is 4. The summed E-state index contributed by atoms with van der Waals surface area (Å²) in [4.78, 5) is 13.4. The Morgan fingerprint density at radius 1 is 1.00 bits per heavy atom. The van der Waals surface area contributed by atoms with Crippen molar-refractivity contribution >= 4 is 22.4 Å². The number of anilines is 1. The predicted molar refractivity (Wildman–Crippen MR) is 140 cm³/mol. The van der Waals surface area contributed by atoms with Crippen molar-refractivity contribution in [3.63, 3.8) is 0 Å². The van der Waals surface area contributed by atoms with Crippen LogP contribution in [0.2, 0.25) is 0 Å². The quantitative estimate of drug-likeness (QED) is 0.361. The van der Waals surface area contributed by atoms with Crippen molar-refractivity contribution in [2.45, 2.75) is 25.4 Å². The lowest BCUT2D eigenvalue weighted by Crippen LogP contribution is -2.40. The molecule has 9 nitrogen and oxygen atoms in total. The third-order valence-corrected chi connectivity index (χ3v) is 7.26. The number of fused-ring (bicyclic) bond motifs is 2. The molecule has 4 heterocycles. The zero-order valence-corrected chi connectivity index (χ0v) is 20.6. The van der Waals surface area contributed by atoms with Crippen LogP contribution in [0.5, 0.6) is 5.75 Å². The Kier molecular flexibility index (Phi) is 6.93. The molecule has 2 aliphatic rings. The first-order valence-electron chi connectivity index (χ1n) is 12.9. The monoisotopic (exact) mass is 487 g/mol. The Morgan fingerprint density at radius 2 is 1.89 bits per heavy atom. The van der Waals surface area contributed by atoms with Crippen molar-refractivity contribution in [2.75, 3.05) is 57.4 Å². The van der Waals surface area contributed by atoms with Gasteiger partial charge in [-0.2, -0.15) is 14.6 Å². The summed E-state index contributed by atoms with van der Waals surface area (Å²) in [6.07, 6.45) is 5.57. The number of rotatable bonds is 9. The second kappa shape index (κ2) is 10.8. The first-order valence-corrected chi connectivity index (χ1v) is 12.9. The molecule has 2 aromatic carbocycles. The number of nitrogens with one attached hydrogen (secondary N) is 1. The molecule has 36 heavy (non-hydrogen) atoms. The van der Waals surface area contributed by atoms with Crippen LogP contribution < -0.4 is 15.0 Å². The van der Waals surface area contributed by atoms with Crippen molar-refractivity contribution in [1.82, 2.24) is 29.8 Å². The highest BCUT2D eigenvalue weighted by Crippen LogP contribution is 2.31. The van der Waals surface area contributed by atoms with Gasteiger partial charge in [0.15, 0.2) is 0 Å². The number of hydrogen-bond donors (Lipinski definition) is 1. The van der Waals surface area contributed by atoms with Gasteiger partial charge in [-0.15, -0.1) is 0 Å². The molecule has 0 spiro atoms. The van der Waals surface area contributed by atoms with E-state index in [-0.39, 0.29) is 6.04 Å². The summed E-state index contributed by atoms with van der Waals surface area (Å²) in [5.74, 6) is 2.58. The molecule has 0 radical (unpaired) electrons. The van der Waals surface area contributed by atoms with Crippen molar-refractivity contribution < 1.29 is 9.47 Å². The molecular formula is C27H33N7O2. The molecule has 0 aliphatic carbocycles. The van der Waals surface area contributed by atoms with Crippen LogP contribution in [0.4, 0.5) is 5.82 Å². The lowest BCUT2D eigenvalue weighted by Gasteiger charge is -2.27. The maximum atomic E-state index is 6.47. The summed E-state index contributed by atoms with van der Waals surface area (Å²) in [6.45, 7) is 8.22. The van der Waals surface area contributed by atoms with E-state index in [1.807, 2.05) is 10.6 Å². The molecule has 1 atom stereocenters. The topological polar surface area (TPSA) is 80.0 Å². The van der Waals surface area contributed by atoms with Gasteiger partial charge in [-0.05, 0) is 35.9 Å². The molecule has 2 fully saturated rings. The molecule has 4 aromatic rings. The minimum absolute atomic E-state index is 0.278. The minimum atomic E-state index is 0.278. The Morgan fingerprint density at radius 3 is 2.81 bits per heavy atom. The fourth-order valence-corrected chi connectivity index (χ4v) is 5.34. The van der Waals surface area contributed by atoms with Crippen molar-refractivity contribution in [3.05, 3.63) is 60.6 Å². The van der Waals surface area contributed by atoms with Gasteiger partial charge in [-0.1, -0.05) is 30.3 Å². The average Bonchev–Trinajstić information content (AvgIpc) is 3.60. The van der Waals surface area contributed by atoms with Crippen LogP contribution in [0, 0.1) is 0 Å². The highest BCUT2D eigenvalue weighted by molar-refractivity contribution is 5.91. The second-order valence-corrected chi connectivity index (χ2v) is 9.47. The number of benzene rings is 2. The number of ether oxygens (including phenoxy) is 2. The van der Waals surface area contributed by atoms with Crippen molar-refractivity contribution in [3.8, 4) is 5.75 Å². The zero-order chi connectivity index (χ0) is 24.2. The molecular weight excluding hydrogens is 454 g/mol. The molecule has 1 N–H and O–H groups in total. The van der Waals surface area contributed by atoms with Crippen LogP contribution in [0.3, 0.4) is 0 Å². The van der Waals surface area contributed by atoms with Gasteiger partial charge < -0.3 is 19.7 Å². The van der Waals surface area contributed by atoms with E-state index >= 15 is 0 Å². The first-order chi connectivity index (χ1) is 17.9. The van der Waals surface area contributed by atoms with Crippen molar-refractivity contribution in [2.24, 2.45) is 0 Å². The molecule has 0 unspecified atom stereocenters. The molecule has 2 saturated heterocycles. The Bertz CT molecular complexity index is 1300. The molecule has 0 bridgehead atoms. The maximum Gasteiger partial charge on any atom is 0.254 e. The van der Waals surface area contributed by atoms with Gasteiger partial charge in [-0.3, -0.25) is 4.90 Å². The molecule has 9 heteroatoms. The Balaban J connectivity index is 1.12. The highest BCUT2D eigenvalue weighted by Gasteiger charge is 2.27. The van der Waals surface area contributed by atoms with Crippen LogP contribution in [-0.2, 0) is 11.3 Å². The van der Waals surface area contributed by atoms with E-state index in [1.54, 1.807) is 12.5 Å². The molecule has 0 saturated carbocycles. The van der Waals surface area contributed by atoms with E-state index in [9.17, 15) is 0 Å². The summed E-state index contributed by atoms with van der Waals surface area (Å²) < 4.78 is 13.7. The lowest BCUT2D eigenvalue weighted by molar-refractivity contribution is 0.0384.